The number of aliphatic hydroxyl groups is 1. The van der Waals surface area contributed by atoms with Crippen molar-refractivity contribution in [2.75, 3.05) is 46.2 Å². The molecule has 0 heterocycles. The van der Waals surface area contributed by atoms with Gasteiger partial charge < -0.3 is 24.1 Å². The zero-order valence-corrected chi connectivity index (χ0v) is 13.3. The van der Waals surface area contributed by atoms with E-state index in [4.69, 9.17) is 24.1 Å². The number of hydrogen-bond acceptors (Lipinski definition) is 6. The summed E-state index contributed by atoms with van der Waals surface area (Å²) in [4.78, 5) is 11.2. The first-order valence-electron chi connectivity index (χ1n) is 7.78. The summed E-state index contributed by atoms with van der Waals surface area (Å²) in [6.45, 7) is 6.75. The molecule has 0 aromatic rings. The quantitative estimate of drug-likeness (QED) is 0.365. The molecule has 0 aromatic carbocycles. The van der Waals surface area contributed by atoms with Crippen LogP contribution in [-0.2, 0) is 23.7 Å². The fraction of sp³-hybridized carbons (Fsp3) is 0.933. The first kappa shape index (κ1) is 20.3. The van der Waals surface area contributed by atoms with E-state index in [-0.39, 0.29) is 18.7 Å². The Bertz CT molecular complexity index is 234. The maximum atomic E-state index is 11.2. The standard InChI is InChI=1S/C15H30O6/c1-3-14(6-5-7-15(17)20-4-2)21-13-12-19-11-10-18-9-8-16/h14,16H,3-13H2,1-2H3. The molecule has 1 atom stereocenters. The molecule has 0 radical (unpaired) electrons. The van der Waals surface area contributed by atoms with Crippen LogP contribution in [0.2, 0.25) is 0 Å². The predicted molar refractivity (Wildman–Crippen MR) is 79.2 cm³/mol. The number of rotatable bonds is 15. The molecule has 1 N–H and O–H groups in total. The third-order valence-corrected chi connectivity index (χ3v) is 2.86. The van der Waals surface area contributed by atoms with E-state index in [0.29, 0.717) is 46.1 Å². The Kier molecular flexibility index (Phi) is 15.2. The molecule has 126 valence electrons. The van der Waals surface area contributed by atoms with Crippen molar-refractivity contribution in [1.82, 2.24) is 0 Å². The summed E-state index contributed by atoms with van der Waals surface area (Å²) in [6, 6.07) is 0. The third kappa shape index (κ3) is 14.0. The smallest absolute Gasteiger partial charge is 0.305 e. The van der Waals surface area contributed by atoms with Crippen LogP contribution < -0.4 is 0 Å². The van der Waals surface area contributed by atoms with Crippen molar-refractivity contribution in [3.63, 3.8) is 0 Å². The van der Waals surface area contributed by atoms with Crippen molar-refractivity contribution in [2.24, 2.45) is 0 Å². The molecule has 0 aliphatic rings. The van der Waals surface area contributed by atoms with Gasteiger partial charge >= 0.3 is 5.97 Å². The van der Waals surface area contributed by atoms with E-state index in [1.54, 1.807) is 0 Å². The van der Waals surface area contributed by atoms with Crippen LogP contribution in [0.3, 0.4) is 0 Å². The van der Waals surface area contributed by atoms with Crippen molar-refractivity contribution in [2.45, 2.75) is 45.6 Å². The van der Waals surface area contributed by atoms with Gasteiger partial charge in [0.2, 0.25) is 0 Å². The van der Waals surface area contributed by atoms with E-state index < -0.39 is 0 Å². The molecule has 0 saturated carbocycles. The highest BCUT2D eigenvalue weighted by molar-refractivity contribution is 5.69. The van der Waals surface area contributed by atoms with Gasteiger partial charge in [-0.1, -0.05) is 6.92 Å². The lowest BCUT2D eigenvalue weighted by Gasteiger charge is -2.16. The molecule has 0 saturated heterocycles. The van der Waals surface area contributed by atoms with Crippen LogP contribution in [0, 0.1) is 0 Å². The molecule has 0 rings (SSSR count). The van der Waals surface area contributed by atoms with Gasteiger partial charge in [-0.25, -0.2) is 0 Å². The summed E-state index contributed by atoms with van der Waals surface area (Å²) in [7, 11) is 0. The van der Waals surface area contributed by atoms with Crippen LogP contribution in [-0.4, -0.2) is 63.4 Å². The van der Waals surface area contributed by atoms with Gasteiger partial charge in [0.1, 0.15) is 0 Å². The summed E-state index contributed by atoms with van der Waals surface area (Å²) in [5.41, 5.74) is 0. The summed E-state index contributed by atoms with van der Waals surface area (Å²) in [5, 5.41) is 8.52. The van der Waals surface area contributed by atoms with E-state index in [0.717, 1.165) is 19.3 Å². The van der Waals surface area contributed by atoms with E-state index >= 15 is 0 Å². The molecular formula is C15H30O6. The first-order chi connectivity index (χ1) is 10.2. The minimum atomic E-state index is -0.140. The van der Waals surface area contributed by atoms with Crippen molar-refractivity contribution >= 4 is 5.97 Å². The lowest BCUT2D eigenvalue weighted by Crippen LogP contribution is -2.17. The number of carbonyl (C=O) groups is 1. The highest BCUT2D eigenvalue weighted by Gasteiger charge is 2.08. The normalized spacial score (nSPS) is 12.3. The van der Waals surface area contributed by atoms with E-state index in [9.17, 15) is 4.79 Å². The number of esters is 1. The summed E-state index contributed by atoms with van der Waals surface area (Å²) >= 11 is 0. The Morgan fingerprint density at radius 1 is 1.05 bits per heavy atom. The van der Waals surface area contributed by atoms with Gasteiger partial charge in [-0.3, -0.25) is 4.79 Å². The van der Waals surface area contributed by atoms with Crippen molar-refractivity contribution in [1.29, 1.82) is 0 Å². The van der Waals surface area contributed by atoms with E-state index in [1.165, 1.54) is 0 Å². The second-order valence-electron chi connectivity index (χ2n) is 4.55. The number of aliphatic hydroxyl groups excluding tert-OH is 1. The van der Waals surface area contributed by atoms with Gasteiger partial charge in [-0.15, -0.1) is 0 Å². The molecule has 0 spiro atoms. The SMILES string of the molecule is CCOC(=O)CCCC(CC)OCCOCCOCCO. The Morgan fingerprint density at radius 3 is 2.33 bits per heavy atom. The monoisotopic (exact) mass is 306 g/mol. The van der Waals surface area contributed by atoms with Crippen molar-refractivity contribution in [3.8, 4) is 0 Å². The van der Waals surface area contributed by atoms with Gasteiger partial charge in [-0.2, -0.15) is 0 Å². The molecule has 0 bridgehead atoms. The fourth-order valence-electron chi connectivity index (χ4n) is 1.77. The van der Waals surface area contributed by atoms with Crippen LogP contribution in [0.5, 0.6) is 0 Å². The molecule has 21 heavy (non-hydrogen) atoms. The lowest BCUT2D eigenvalue weighted by molar-refractivity contribution is -0.143. The average molecular weight is 306 g/mol. The maximum Gasteiger partial charge on any atom is 0.305 e. The maximum absolute atomic E-state index is 11.2. The van der Waals surface area contributed by atoms with Crippen molar-refractivity contribution in [3.05, 3.63) is 0 Å². The Morgan fingerprint density at radius 2 is 1.71 bits per heavy atom. The Balaban J connectivity index is 3.42. The minimum Gasteiger partial charge on any atom is -0.466 e. The molecule has 1 unspecified atom stereocenters. The van der Waals surface area contributed by atoms with Gasteiger partial charge in [0.25, 0.3) is 0 Å². The van der Waals surface area contributed by atoms with Gasteiger partial charge in [-0.05, 0) is 26.2 Å². The molecule has 0 aromatic heterocycles. The zero-order chi connectivity index (χ0) is 15.8. The van der Waals surface area contributed by atoms with Gasteiger partial charge in [0, 0.05) is 6.42 Å². The first-order valence-corrected chi connectivity index (χ1v) is 7.78. The van der Waals surface area contributed by atoms with E-state index in [1.807, 2.05) is 6.92 Å². The second-order valence-corrected chi connectivity index (χ2v) is 4.55. The van der Waals surface area contributed by atoms with Crippen LogP contribution in [0.15, 0.2) is 0 Å². The summed E-state index contributed by atoms with van der Waals surface area (Å²) < 4.78 is 21.0. The molecule has 0 amide bonds. The largest absolute Gasteiger partial charge is 0.466 e. The minimum absolute atomic E-state index is 0.0348. The number of carbonyl (C=O) groups excluding carboxylic acids is 1. The summed E-state index contributed by atoms with van der Waals surface area (Å²) in [6.07, 6.45) is 3.17. The molecule has 6 nitrogen and oxygen atoms in total. The molecule has 0 fully saturated rings. The highest BCUT2D eigenvalue weighted by Crippen LogP contribution is 2.09. The molecular weight excluding hydrogens is 276 g/mol. The zero-order valence-electron chi connectivity index (χ0n) is 13.3. The van der Waals surface area contributed by atoms with Crippen LogP contribution in [0.1, 0.15) is 39.5 Å². The van der Waals surface area contributed by atoms with Crippen LogP contribution in [0.25, 0.3) is 0 Å². The van der Waals surface area contributed by atoms with Crippen LogP contribution in [0.4, 0.5) is 0 Å². The Hall–Kier alpha value is -0.690. The number of ether oxygens (including phenoxy) is 4. The predicted octanol–water partition coefficient (Wildman–Crippen LogP) is 1.54. The molecule has 0 aliphatic carbocycles. The fourth-order valence-corrected chi connectivity index (χ4v) is 1.77. The number of hydrogen-bond donors (Lipinski definition) is 1. The lowest BCUT2D eigenvalue weighted by atomic mass is 10.1. The summed E-state index contributed by atoms with van der Waals surface area (Å²) in [5.74, 6) is -0.140. The Labute approximate surface area is 127 Å². The molecule has 0 aliphatic heterocycles. The highest BCUT2D eigenvalue weighted by atomic mass is 16.5. The topological polar surface area (TPSA) is 74.2 Å². The average Bonchev–Trinajstić information content (AvgIpc) is 2.48. The van der Waals surface area contributed by atoms with Gasteiger partial charge in [0.15, 0.2) is 0 Å². The van der Waals surface area contributed by atoms with Crippen molar-refractivity contribution < 1.29 is 28.8 Å². The molecule has 6 heteroatoms. The second kappa shape index (κ2) is 15.7. The van der Waals surface area contributed by atoms with E-state index in [2.05, 4.69) is 6.92 Å². The van der Waals surface area contributed by atoms with Crippen LogP contribution >= 0.6 is 0 Å². The van der Waals surface area contributed by atoms with Gasteiger partial charge in [0.05, 0.1) is 52.4 Å². The third-order valence-electron chi connectivity index (χ3n) is 2.86.